The number of benzene rings is 1. The summed E-state index contributed by atoms with van der Waals surface area (Å²) in [6.07, 6.45) is -5.40. The number of hydrogen-bond donors (Lipinski definition) is 1. The molecule has 0 unspecified atom stereocenters. The molecule has 40 heavy (non-hydrogen) atoms. The summed E-state index contributed by atoms with van der Waals surface area (Å²) in [7, 11) is 0. The molecule has 1 saturated carbocycles. The van der Waals surface area contributed by atoms with Crippen LogP contribution in [0.4, 0.5) is 22.4 Å². The van der Waals surface area contributed by atoms with E-state index in [1.54, 1.807) is 20.8 Å². The van der Waals surface area contributed by atoms with Crippen LogP contribution in [0.1, 0.15) is 70.2 Å². The molecule has 2 heterocycles. The van der Waals surface area contributed by atoms with E-state index in [0.29, 0.717) is 12.8 Å². The first-order valence-corrected chi connectivity index (χ1v) is 13.0. The van der Waals surface area contributed by atoms with Crippen molar-refractivity contribution < 1.29 is 45.8 Å². The second kappa shape index (κ2) is 11.8. The maximum absolute atomic E-state index is 13.6. The van der Waals surface area contributed by atoms with Crippen molar-refractivity contribution >= 4 is 23.6 Å². The van der Waals surface area contributed by atoms with Crippen LogP contribution in [0.15, 0.2) is 22.6 Å². The van der Waals surface area contributed by atoms with Crippen molar-refractivity contribution in [2.75, 3.05) is 13.2 Å². The van der Waals surface area contributed by atoms with E-state index in [9.17, 15) is 27.2 Å². The minimum atomic E-state index is -4.71. The highest BCUT2D eigenvalue weighted by Crippen LogP contribution is 2.42. The average Bonchev–Trinajstić information content (AvgIpc) is 3.29. The lowest BCUT2D eigenvalue weighted by Crippen LogP contribution is -2.52. The van der Waals surface area contributed by atoms with Crippen molar-refractivity contribution in [1.82, 2.24) is 20.4 Å². The molecule has 0 bridgehead atoms. The number of nitrogens with zero attached hydrogens (tertiary/aromatic N) is 3. The Morgan fingerprint density at radius 2 is 1.85 bits per heavy atom. The number of carbonyl (C=O) groups excluding carboxylic acids is 2. The van der Waals surface area contributed by atoms with Crippen LogP contribution in [-0.4, -0.2) is 64.4 Å². The molecule has 2 amide bonds. The zero-order valence-corrected chi connectivity index (χ0v) is 22.7. The Labute approximate surface area is 232 Å². The number of hydrogen-bond acceptors (Lipinski definition) is 8. The van der Waals surface area contributed by atoms with E-state index in [0.717, 1.165) is 6.07 Å². The van der Waals surface area contributed by atoms with Crippen molar-refractivity contribution in [2.24, 2.45) is 0 Å². The third-order valence-electron chi connectivity index (χ3n) is 6.32. The lowest BCUT2D eigenvalue weighted by Gasteiger charge is -2.38. The molecular weight excluding hydrogens is 564 g/mol. The number of nitrogens with one attached hydrogen (secondary N) is 1. The Kier molecular flexibility index (Phi) is 8.78. The predicted molar refractivity (Wildman–Crippen MR) is 131 cm³/mol. The largest absolute Gasteiger partial charge is 0.522 e. The van der Waals surface area contributed by atoms with Gasteiger partial charge in [-0.2, -0.15) is 0 Å². The third kappa shape index (κ3) is 7.96. The lowest BCUT2D eigenvalue weighted by molar-refractivity contribution is -0.352. The molecule has 1 saturated heterocycles. The SMILES string of the molecule is CC(C)(C)OC(=O)N1C[C@@H](NC(=O)COc2ccc(Cl)c(F)c2)CC[C@@H]1c1nnc(C2CC(OC(F)(F)F)C2)o1. The van der Waals surface area contributed by atoms with Gasteiger partial charge in [-0.1, -0.05) is 11.6 Å². The molecule has 4 rings (SSSR count). The van der Waals surface area contributed by atoms with E-state index in [4.69, 9.17) is 25.5 Å². The smallest absolute Gasteiger partial charge is 0.484 e. The van der Waals surface area contributed by atoms with Gasteiger partial charge in [0.2, 0.25) is 11.8 Å². The van der Waals surface area contributed by atoms with Crippen molar-refractivity contribution in [3.8, 4) is 5.75 Å². The minimum absolute atomic E-state index is 0.0591. The van der Waals surface area contributed by atoms with E-state index in [2.05, 4.69) is 20.3 Å². The Hall–Kier alpha value is -3.13. The molecule has 220 valence electrons. The summed E-state index contributed by atoms with van der Waals surface area (Å²) in [6, 6.07) is 2.68. The number of rotatable bonds is 7. The quantitative estimate of drug-likeness (QED) is 0.432. The minimum Gasteiger partial charge on any atom is -0.484 e. The second-order valence-electron chi connectivity index (χ2n) is 10.7. The van der Waals surface area contributed by atoms with Crippen LogP contribution in [0.5, 0.6) is 5.75 Å². The van der Waals surface area contributed by atoms with E-state index < -0.39 is 48.0 Å². The van der Waals surface area contributed by atoms with Crippen molar-refractivity contribution in [1.29, 1.82) is 0 Å². The van der Waals surface area contributed by atoms with E-state index in [-0.39, 0.29) is 54.5 Å². The highest BCUT2D eigenvalue weighted by atomic mass is 35.5. The summed E-state index contributed by atoms with van der Waals surface area (Å²) in [6.45, 7) is 4.80. The number of carbonyl (C=O) groups is 2. The van der Waals surface area contributed by atoms with Crippen LogP contribution >= 0.6 is 11.6 Å². The number of ether oxygens (including phenoxy) is 3. The molecule has 1 aromatic carbocycles. The molecule has 1 aromatic heterocycles. The number of alkyl halides is 3. The molecule has 2 atom stereocenters. The van der Waals surface area contributed by atoms with Crippen LogP contribution in [0.2, 0.25) is 5.02 Å². The summed E-state index contributed by atoms with van der Waals surface area (Å²) in [5.74, 6) is -1.11. The number of piperidine rings is 1. The maximum Gasteiger partial charge on any atom is 0.522 e. The van der Waals surface area contributed by atoms with E-state index in [1.807, 2.05) is 0 Å². The summed E-state index contributed by atoms with van der Waals surface area (Å²) in [4.78, 5) is 27.0. The van der Waals surface area contributed by atoms with Gasteiger partial charge in [-0.3, -0.25) is 14.4 Å². The summed E-state index contributed by atoms with van der Waals surface area (Å²) >= 11 is 5.65. The standard InChI is InChI=1S/C25H29ClF4N4O6/c1-24(2,3)40-23(36)34-11-14(31-20(35)12-37-15-5-6-17(26)18(27)10-15)4-7-19(34)22-33-32-21(38-22)13-8-16(9-13)39-25(28,29)30/h5-6,10,13-14,16,19H,4,7-9,11-12H2,1-3H3,(H,31,35)/t13?,14-,16?,19+/m0/s1. The van der Waals surface area contributed by atoms with Gasteiger partial charge in [-0.05, 0) is 58.6 Å². The molecule has 1 aliphatic heterocycles. The van der Waals surface area contributed by atoms with Crippen molar-refractivity contribution in [3.63, 3.8) is 0 Å². The molecule has 1 N–H and O–H groups in total. The second-order valence-corrected chi connectivity index (χ2v) is 11.1. The fraction of sp³-hybridized carbons (Fsp3) is 0.600. The first-order valence-electron chi connectivity index (χ1n) is 12.6. The Morgan fingerprint density at radius 3 is 2.50 bits per heavy atom. The van der Waals surface area contributed by atoms with Crippen LogP contribution in [0, 0.1) is 5.82 Å². The first kappa shape index (κ1) is 29.8. The third-order valence-corrected chi connectivity index (χ3v) is 6.63. The molecule has 0 radical (unpaired) electrons. The van der Waals surface area contributed by atoms with Crippen LogP contribution in [0.3, 0.4) is 0 Å². The fourth-order valence-corrected chi connectivity index (χ4v) is 4.57. The van der Waals surface area contributed by atoms with Gasteiger partial charge >= 0.3 is 12.5 Å². The molecule has 2 fully saturated rings. The normalized spacial score (nSPS) is 23.4. The number of halogens is 5. The monoisotopic (exact) mass is 592 g/mol. The van der Waals surface area contributed by atoms with Gasteiger partial charge < -0.3 is 19.2 Å². The highest BCUT2D eigenvalue weighted by Gasteiger charge is 2.44. The van der Waals surface area contributed by atoms with Crippen LogP contribution in [0.25, 0.3) is 0 Å². The van der Waals surface area contributed by atoms with Crippen LogP contribution < -0.4 is 10.1 Å². The summed E-state index contributed by atoms with van der Waals surface area (Å²) in [5.41, 5.74) is -0.807. The highest BCUT2D eigenvalue weighted by molar-refractivity contribution is 6.30. The van der Waals surface area contributed by atoms with Gasteiger partial charge in [0.1, 0.15) is 23.2 Å². The Morgan fingerprint density at radius 1 is 1.15 bits per heavy atom. The lowest BCUT2D eigenvalue weighted by atomic mass is 9.82. The summed E-state index contributed by atoms with van der Waals surface area (Å²) in [5, 5.41) is 10.8. The molecule has 1 aliphatic carbocycles. The van der Waals surface area contributed by atoms with Crippen LogP contribution in [-0.2, 0) is 14.3 Å². The average molecular weight is 593 g/mol. The number of likely N-dealkylation sites (tertiary alicyclic amines) is 1. The molecule has 15 heteroatoms. The van der Waals surface area contributed by atoms with Gasteiger partial charge in [-0.15, -0.1) is 23.4 Å². The van der Waals surface area contributed by atoms with Gasteiger partial charge in [0.15, 0.2) is 6.61 Å². The molecule has 10 nitrogen and oxygen atoms in total. The molecular formula is C25H29ClF4N4O6. The van der Waals surface area contributed by atoms with E-state index in [1.165, 1.54) is 17.0 Å². The summed E-state index contributed by atoms with van der Waals surface area (Å²) < 4.78 is 71.6. The zero-order valence-electron chi connectivity index (χ0n) is 22.0. The fourth-order valence-electron chi connectivity index (χ4n) is 4.45. The predicted octanol–water partition coefficient (Wildman–Crippen LogP) is 5.28. The molecule has 2 aliphatic rings. The van der Waals surface area contributed by atoms with Gasteiger partial charge in [0.25, 0.3) is 5.91 Å². The topological polar surface area (TPSA) is 116 Å². The Balaban J connectivity index is 1.38. The van der Waals surface area contributed by atoms with Crippen molar-refractivity contribution in [2.45, 2.75) is 82.5 Å². The number of amides is 2. The number of aromatic nitrogens is 2. The van der Waals surface area contributed by atoms with Crippen molar-refractivity contribution in [3.05, 3.63) is 40.8 Å². The Bertz CT molecular complexity index is 1210. The first-order chi connectivity index (χ1) is 18.7. The maximum atomic E-state index is 13.6. The molecule has 0 spiro atoms. The van der Waals surface area contributed by atoms with E-state index >= 15 is 0 Å². The van der Waals surface area contributed by atoms with Gasteiger partial charge in [0.05, 0.1) is 11.1 Å². The zero-order chi connectivity index (χ0) is 29.2. The van der Waals surface area contributed by atoms with Gasteiger partial charge in [0, 0.05) is 24.6 Å². The van der Waals surface area contributed by atoms with Gasteiger partial charge in [-0.25, -0.2) is 9.18 Å². The molecule has 2 aromatic rings.